The van der Waals surface area contributed by atoms with Gasteiger partial charge in [-0.1, -0.05) is 42.5 Å². The maximum Gasteiger partial charge on any atom is 0.253 e. The van der Waals surface area contributed by atoms with Crippen molar-refractivity contribution in [3.05, 3.63) is 83.6 Å². The molecule has 4 rings (SSSR count). The molecule has 4 aromatic rings. The monoisotopic (exact) mass is 383 g/mol. The van der Waals surface area contributed by atoms with Crippen LogP contribution in [0.4, 0.5) is 5.95 Å². The van der Waals surface area contributed by atoms with E-state index in [4.69, 9.17) is 10.7 Å². The van der Waals surface area contributed by atoms with Crippen LogP contribution in [0, 0.1) is 0 Å². The van der Waals surface area contributed by atoms with Crippen LogP contribution in [0.3, 0.4) is 0 Å². The molecule has 2 N–H and O–H groups in total. The average molecular weight is 383 g/mol. The summed E-state index contributed by atoms with van der Waals surface area (Å²) in [5.74, 6) is 0.185. The highest BCUT2D eigenvalue weighted by Crippen LogP contribution is 2.24. The van der Waals surface area contributed by atoms with Crippen molar-refractivity contribution in [1.82, 2.24) is 19.9 Å². The predicted octanol–water partition coefficient (Wildman–Crippen LogP) is 3.57. The third-order valence-corrected chi connectivity index (χ3v) is 4.66. The number of aromatic nitrogens is 3. The van der Waals surface area contributed by atoms with E-state index in [2.05, 4.69) is 9.97 Å². The molecule has 2 aromatic carbocycles. The van der Waals surface area contributed by atoms with Gasteiger partial charge in [0.25, 0.3) is 5.91 Å². The summed E-state index contributed by atoms with van der Waals surface area (Å²) < 4.78 is 0. The van der Waals surface area contributed by atoms with E-state index in [1.807, 2.05) is 60.7 Å². The third-order valence-electron chi connectivity index (χ3n) is 4.66. The first-order valence-corrected chi connectivity index (χ1v) is 9.30. The molecule has 0 aliphatic rings. The Bertz CT molecular complexity index is 1190. The van der Waals surface area contributed by atoms with Crippen molar-refractivity contribution in [3.8, 4) is 11.3 Å². The van der Waals surface area contributed by atoms with Crippen LogP contribution in [-0.2, 0) is 6.42 Å². The molecule has 0 fully saturated rings. The van der Waals surface area contributed by atoms with Crippen LogP contribution in [0.5, 0.6) is 0 Å². The van der Waals surface area contributed by atoms with Crippen LogP contribution in [0.2, 0.25) is 0 Å². The molecule has 2 aromatic heterocycles. The second kappa shape index (κ2) is 7.67. The molecule has 6 nitrogen and oxygen atoms in total. The standard InChI is InChI=1S/C23H21N5O/c1-28(2)22(29)17-10-6-9-16(14-17)18-11-12-19-21(25-18)20(27-23(24)26-19)13-15-7-4-3-5-8-15/h3-12,14H,13H2,1-2H3,(H2,24,26,27). The van der Waals surface area contributed by atoms with Crippen LogP contribution >= 0.6 is 0 Å². The lowest BCUT2D eigenvalue weighted by atomic mass is 10.1. The normalized spacial score (nSPS) is 10.8. The van der Waals surface area contributed by atoms with Gasteiger partial charge in [0.15, 0.2) is 0 Å². The van der Waals surface area contributed by atoms with Gasteiger partial charge >= 0.3 is 0 Å². The summed E-state index contributed by atoms with van der Waals surface area (Å²) in [6.45, 7) is 0. The highest BCUT2D eigenvalue weighted by atomic mass is 16.2. The van der Waals surface area contributed by atoms with Gasteiger partial charge in [0, 0.05) is 31.6 Å². The Morgan fingerprint density at radius 3 is 2.48 bits per heavy atom. The van der Waals surface area contributed by atoms with Gasteiger partial charge in [0.05, 0.1) is 16.9 Å². The lowest BCUT2D eigenvalue weighted by Gasteiger charge is -2.12. The number of nitrogen functional groups attached to an aromatic ring is 1. The molecule has 0 saturated carbocycles. The highest BCUT2D eigenvalue weighted by molar-refractivity contribution is 5.95. The predicted molar refractivity (Wildman–Crippen MR) is 114 cm³/mol. The molecule has 0 unspecified atom stereocenters. The average Bonchev–Trinajstić information content (AvgIpc) is 2.73. The van der Waals surface area contributed by atoms with Crippen LogP contribution < -0.4 is 5.73 Å². The number of fused-ring (bicyclic) bond motifs is 1. The molecule has 0 atom stereocenters. The summed E-state index contributed by atoms with van der Waals surface area (Å²) in [6, 6.07) is 21.3. The second-order valence-corrected chi connectivity index (χ2v) is 7.04. The van der Waals surface area contributed by atoms with E-state index >= 15 is 0 Å². The summed E-state index contributed by atoms with van der Waals surface area (Å²) in [5, 5.41) is 0. The molecule has 0 radical (unpaired) electrons. The fourth-order valence-corrected chi connectivity index (χ4v) is 3.24. The second-order valence-electron chi connectivity index (χ2n) is 7.04. The van der Waals surface area contributed by atoms with Crippen molar-refractivity contribution in [3.63, 3.8) is 0 Å². The van der Waals surface area contributed by atoms with Crippen LogP contribution in [-0.4, -0.2) is 39.9 Å². The number of anilines is 1. The molecule has 144 valence electrons. The lowest BCUT2D eigenvalue weighted by molar-refractivity contribution is 0.0827. The molecule has 6 heteroatoms. The zero-order valence-electron chi connectivity index (χ0n) is 16.3. The smallest absolute Gasteiger partial charge is 0.253 e. The SMILES string of the molecule is CN(C)C(=O)c1cccc(-c2ccc3nc(N)nc(Cc4ccccc4)c3n2)c1. The van der Waals surface area contributed by atoms with E-state index in [1.165, 1.54) is 0 Å². The van der Waals surface area contributed by atoms with Crippen molar-refractivity contribution >= 4 is 22.9 Å². The number of nitrogens with two attached hydrogens (primary N) is 1. The number of hydrogen-bond donors (Lipinski definition) is 1. The zero-order valence-corrected chi connectivity index (χ0v) is 16.3. The van der Waals surface area contributed by atoms with Crippen molar-refractivity contribution in [2.75, 3.05) is 19.8 Å². The minimum Gasteiger partial charge on any atom is -0.368 e. The van der Waals surface area contributed by atoms with Gasteiger partial charge in [-0.05, 0) is 29.8 Å². The minimum absolute atomic E-state index is 0.0477. The number of nitrogens with zero attached hydrogens (tertiary/aromatic N) is 4. The number of carbonyl (C=O) groups is 1. The Balaban J connectivity index is 1.80. The first kappa shape index (κ1) is 18.6. The molecule has 0 bridgehead atoms. The van der Waals surface area contributed by atoms with Crippen LogP contribution in [0.25, 0.3) is 22.3 Å². The van der Waals surface area contributed by atoms with Crippen molar-refractivity contribution < 1.29 is 4.79 Å². The maximum atomic E-state index is 12.3. The quantitative estimate of drug-likeness (QED) is 0.582. The van der Waals surface area contributed by atoms with Gasteiger partial charge in [0.2, 0.25) is 5.95 Å². The molecular formula is C23H21N5O. The number of amides is 1. The lowest BCUT2D eigenvalue weighted by Crippen LogP contribution is -2.21. The summed E-state index contributed by atoms with van der Waals surface area (Å²) >= 11 is 0. The molecule has 0 aliphatic carbocycles. The van der Waals surface area contributed by atoms with Gasteiger partial charge in [0.1, 0.15) is 5.52 Å². The first-order chi connectivity index (χ1) is 14.0. The van der Waals surface area contributed by atoms with Crippen LogP contribution in [0.1, 0.15) is 21.6 Å². The topological polar surface area (TPSA) is 85.0 Å². The van der Waals surface area contributed by atoms with Gasteiger partial charge in [-0.2, -0.15) is 0 Å². The summed E-state index contributed by atoms with van der Waals surface area (Å²) in [5.41, 5.74) is 11.5. The van der Waals surface area contributed by atoms with Crippen molar-refractivity contribution in [1.29, 1.82) is 0 Å². The highest BCUT2D eigenvalue weighted by Gasteiger charge is 2.13. The molecule has 1 amide bonds. The van der Waals surface area contributed by atoms with Gasteiger partial charge in [-0.25, -0.2) is 15.0 Å². The molecule has 0 saturated heterocycles. The number of hydrogen-bond acceptors (Lipinski definition) is 5. The van der Waals surface area contributed by atoms with Crippen LogP contribution in [0.15, 0.2) is 66.7 Å². The molecule has 0 spiro atoms. The maximum absolute atomic E-state index is 12.3. The Morgan fingerprint density at radius 2 is 1.72 bits per heavy atom. The third kappa shape index (κ3) is 3.91. The minimum atomic E-state index is -0.0477. The van der Waals surface area contributed by atoms with E-state index in [1.54, 1.807) is 25.1 Å². The Kier molecular flexibility index (Phi) is 4.91. The van der Waals surface area contributed by atoms with E-state index < -0.39 is 0 Å². The Labute approximate surface area is 169 Å². The summed E-state index contributed by atoms with van der Waals surface area (Å²) in [4.78, 5) is 27.5. The fourth-order valence-electron chi connectivity index (χ4n) is 3.24. The van der Waals surface area contributed by atoms with Crippen molar-refractivity contribution in [2.24, 2.45) is 0 Å². The van der Waals surface area contributed by atoms with E-state index in [0.29, 0.717) is 23.0 Å². The molecule has 0 aliphatic heterocycles. The largest absolute Gasteiger partial charge is 0.368 e. The summed E-state index contributed by atoms with van der Waals surface area (Å²) in [7, 11) is 3.47. The molecule has 2 heterocycles. The summed E-state index contributed by atoms with van der Waals surface area (Å²) in [6.07, 6.45) is 0.611. The Morgan fingerprint density at radius 1 is 0.931 bits per heavy atom. The van der Waals surface area contributed by atoms with E-state index in [0.717, 1.165) is 22.5 Å². The van der Waals surface area contributed by atoms with Gasteiger partial charge < -0.3 is 10.6 Å². The van der Waals surface area contributed by atoms with E-state index in [9.17, 15) is 4.79 Å². The fraction of sp³-hybridized carbons (Fsp3) is 0.130. The van der Waals surface area contributed by atoms with Crippen molar-refractivity contribution in [2.45, 2.75) is 6.42 Å². The zero-order chi connectivity index (χ0) is 20.4. The van der Waals surface area contributed by atoms with Gasteiger partial charge in [-0.3, -0.25) is 4.79 Å². The number of rotatable bonds is 4. The molecule has 29 heavy (non-hydrogen) atoms. The van der Waals surface area contributed by atoms with Gasteiger partial charge in [-0.15, -0.1) is 0 Å². The van der Waals surface area contributed by atoms with E-state index in [-0.39, 0.29) is 11.9 Å². The molecular weight excluding hydrogens is 362 g/mol. The Hall–Kier alpha value is -3.80. The first-order valence-electron chi connectivity index (χ1n) is 9.30. The number of carbonyl (C=O) groups excluding carboxylic acids is 1. The number of benzene rings is 2. The number of pyridine rings is 1.